The highest BCUT2D eigenvalue weighted by molar-refractivity contribution is 5.81. The molecular formula is C45H80N6O18. The van der Waals surface area contributed by atoms with Gasteiger partial charge in [-0.1, -0.05) is 0 Å². The van der Waals surface area contributed by atoms with Gasteiger partial charge in [0.1, 0.15) is 65.1 Å². The third-order valence-electron chi connectivity index (χ3n) is 10.8. The van der Waals surface area contributed by atoms with Gasteiger partial charge in [0.25, 0.3) is 0 Å². The number of hydrogen-bond donors (Lipinski definition) is 9. The fourth-order valence-corrected chi connectivity index (χ4v) is 7.97. The topological polar surface area (TPSA) is 325 Å². The van der Waals surface area contributed by atoms with Crippen molar-refractivity contribution < 1.29 is 86.7 Å². The molecule has 1 aliphatic carbocycles. The Hall–Kier alpha value is -3.85. The molecule has 4 aliphatic rings. The lowest BCUT2D eigenvalue weighted by Gasteiger charge is -2.52. The molecule has 14 atom stereocenters. The normalized spacial score (nSPS) is 32.2. The number of hydrogen-bond acceptors (Lipinski definition) is 19. The van der Waals surface area contributed by atoms with E-state index < -0.39 is 144 Å². The van der Waals surface area contributed by atoms with Crippen molar-refractivity contribution >= 4 is 30.3 Å². The maximum atomic E-state index is 13.8. The summed E-state index contributed by atoms with van der Waals surface area (Å²) in [5.41, 5.74) is 2.46. The van der Waals surface area contributed by atoms with E-state index in [9.17, 15) is 39.3 Å². The Bertz CT molecular complexity index is 1750. The number of rotatable bonds is 13. The smallest absolute Gasteiger partial charge is 0.408 e. The number of nitrogens with one attached hydrogen (secondary N) is 5. The van der Waals surface area contributed by atoms with E-state index in [1.54, 1.807) is 96.9 Å². The highest BCUT2D eigenvalue weighted by Gasteiger charge is 2.56. The highest BCUT2D eigenvalue weighted by atomic mass is 16.8. The van der Waals surface area contributed by atoms with Crippen LogP contribution in [-0.4, -0.2) is 179 Å². The standard InChI is InChI=1S/C45H80N6O18/c1-41(2,3)66-37(56)47-18-17-26(52)34(55)48-24-19-25(50-39(58)68-43(7,8)9)32(63-35-23(16-15-22(20-46)61-35)49-38(57)67-42(4,5)6)30(54)31(24)64-36-29(53)28(51-40(59)69-44(10,11)12)33-27(62-36)21-60-45(13,14)65-33/h22-33,35-36,52-54H,15-21,46H2,1-14H3,(H,47,56)(H,48,55)(H,49,57)(H,50,58)(H,51,59)/t22?,23?,24-,25+,26+,27?,28-,29?,30?,31-,32?,33+,35+,36+/m1/s1. The molecule has 0 aromatic carbocycles. The molecule has 4 rings (SSSR count). The predicted octanol–water partition coefficient (Wildman–Crippen LogP) is 1.66. The molecule has 0 radical (unpaired) electrons. The molecule has 0 spiro atoms. The van der Waals surface area contributed by atoms with E-state index in [-0.39, 0.29) is 32.5 Å². The fourth-order valence-electron chi connectivity index (χ4n) is 7.97. The second-order valence-electron chi connectivity index (χ2n) is 22.2. The van der Waals surface area contributed by atoms with Crippen LogP contribution in [0.5, 0.6) is 0 Å². The first kappa shape index (κ1) is 57.7. The minimum atomic E-state index is -1.86. The van der Waals surface area contributed by atoms with Crippen LogP contribution in [-0.2, 0) is 52.2 Å². The van der Waals surface area contributed by atoms with Crippen LogP contribution in [0.3, 0.4) is 0 Å². The summed E-state index contributed by atoms with van der Waals surface area (Å²) in [7, 11) is 0. The van der Waals surface area contributed by atoms with Crippen LogP contribution in [0.2, 0.25) is 0 Å². The zero-order valence-corrected chi connectivity index (χ0v) is 42.6. The van der Waals surface area contributed by atoms with Gasteiger partial charge in [0.15, 0.2) is 18.4 Å². The molecule has 3 aliphatic heterocycles. The number of carbonyl (C=O) groups excluding carboxylic acids is 5. The minimum Gasteiger partial charge on any atom is -0.444 e. The summed E-state index contributed by atoms with van der Waals surface area (Å²) in [6.07, 6.45) is -17.1. The van der Waals surface area contributed by atoms with Crippen molar-refractivity contribution in [3.05, 3.63) is 0 Å². The van der Waals surface area contributed by atoms with Gasteiger partial charge in [-0.25, -0.2) is 19.2 Å². The summed E-state index contributed by atoms with van der Waals surface area (Å²) < 4.78 is 59.4. The van der Waals surface area contributed by atoms with E-state index in [1.165, 1.54) is 0 Å². The van der Waals surface area contributed by atoms with Crippen LogP contribution < -0.4 is 32.3 Å². The molecule has 24 heteroatoms. The van der Waals surface area contributed by atoms with Crippen molar-refractivity contribution in [3.63, 3.8) is 0 Å². The molecular weight excluding hydrogens is 913 g/mol. The molecule has 0 bridgehead atoms. The van der Waals surface area contributed by atoms with Gasteiger partial charge in [-0.15, -0.1) is 0 Å². The molecule has 69 heavy (non-hydrogen) atoms. The van der Waals surface area contributed by atoms with Gasteiger partial charge in [-0.2, -0.15) is 0 Å². The summed E-state index contributed by atoms with van der Waals surface area (Å²) in [5.74, 6) is -2.12. The first-order chi connectivity index (χ1) is 31.6. The van der Waals surface area contributed by atoms with E-state index >= 15 is 0 Å². The number of aliphatic hydroxyl groups is 3. The van der Waals surface area contributed by atoms with E-state index in [0.29, 0.717) is 12.8 Å². The summed E-state index contributed by atoms with van der Waals surface area (Å²) in [6, 6.07) is -4.66. The summed E-state index contributed by atoms with van der Waals surface area (Å²) in [5, 5.41) is 49.1. The van der Waals surface area contributed by atoms with Gasteiger partial charge >= 0.3 is 24.4 Å². The van der Waals surface area contributed by atoms with E-state index in [2.05, 4.69) is 26.6 Å². The summed E-state index contributed by atoms with van der Waals surface area (Å²) >= 11 is 0. The van der Waals surface area contributed by atoms with E-state index in [0.717, 1.165) is 0 Å². The molecule has 3 heterocycles. The molecule has 4 fully saturated rings. The van der Waals surface area contributed by atoms with Crippen LogP contribution in [0, 0.1) is 0 Å². The Labute approximate surface area is 404 Å². The molecule has 5 amide bonds. The molecule has 0 aromatic heterocycles. The first-order valence-corrected chi connectivity index (χ1v) is 23.6. The van der Waals surface area contributed by atoms with Crippen LogP contribution in [0.4, 0.5) is 19.2 Å². The second-order valence-corrected chi connectivity index (χ2v) is 22.2. The van der Waals surface area contributed by atoms with Crippen molar-refractivity contribution in [2.45, 2.75) is 236 Å². The largest absolute Gasteiger partial charge is 0.444 e. The summed E-state index contributed by atoms with van der Waals surface area (Å²) in [4.78, 5) is 66.0. The van der Waals surface area contributed by atoms with Crippen LogP contribution in [0.15, 0.2) is 0 Å². The minimum absolute atomic E-state index is 0.0729. The molecule has 24 nitrogen and oxygen atoms in total. The highest BCUT2D eigenvalue weighted by Crippen LogP contribution is 2.37. The maximum absolute atomic E-state index is 13.8. The molecule has 0 aromatic rings. The van der Waals surface area contributed by atoms with Crippen LogP contribution in [0.25, 0.3) is 0 Å². The van der Waals surface area contributed by atoms with Gasteiger partial charge in [0.2, 0.25) is 5.91 Å². The van der Waals surface area contributed by atoms with Gasteiger partial charge in [-0.05, 0) is 123 Å². The number of alkyl carbamates (subject to hydrolysis) is 4. The van der Waals surface area contributed by atoms with E-state index in [1.807, 2.05) is 0 Å². The lowest BCUT2D eigenvalue weighted by Crippen LogP contribution is -2.72. The molecule has 10 N–H and O–H groups in total. The van der Waals surface area contributed by atoms with Crippen molar-refractivity contribution in [1.29, 1.82) is 0 Å². The first-order valence-electron chi connectivity index (χ1n) is 23.6. The lowest BCUT2D eigenvalue weighted by atomic mass is 9.83. The number of fused-ring (bicyclic) bond motifs is 1. The molecule has 3 saturated heterocycles. The third kappa shape index (κ3) is 18.4. The number of amides is 5. The van der Waals surface area contributed by atoms with E-state index in [4.69, 9.17) is 53.1 Å². The average molecular weight is 993 g/mol. The Morgan fingerprint density at radius 2 is 1.16 bits per heavy atom. The van der Waals surface area contributed by atoms with Crippen LogP contribution in [0.1, 0.15) is 123 Å². The number of carbonyl (C=O) groups is 5. The van der Waals surface area contributed by atoms with Crippen molar-refractivity contribution in [1.82, 2.24) is 26.6 Å². The average Bonchev–Trinajstić information content (AvgIpc) is 3.16. The maximum Gasteiger partial charge on any atom is 0.408 e. The van der Waals surface area contributed by atoms with Crippen molar-refractivity contribution in [2.75, 3.05) is 19.7 Å². The zero-order chi connectivity index (χ0) is 52.0. The second kappa shape index (κ2) is 23.1. The molecule has 6 unspecified atom stereocenters. The zero-order valence-electron chi connectivity index (χ0n) is 42.6. The Morgan fingerprint density at radius 3 is 1.70 bits per heavy atom. The predicted molar refractivity (Wildman–Crippen MR) is 243 cm³/mol. The quantitative estimate of drug-likeness (QED) is 0.119. The monoisotopic (exact) mass is 993 g/mol. The van der Waals surface area contributed by atoms with Gasteiger partial charge < -0.3 is 95.0 Å². The molecule has 1 saturated carbocycles. The van der Waals surface area contributed by atoms with Gasteiger partial charge in [-0.3, -0.25) is 4.79 Å². The van der Waals surface area contributed by atoms with Crippen LogP contribution >= 0.6 is 0 Å². The number of aliphatic hydroxyl groups excluding tert-OH is 3. The molecule has 398 valence electrons. The van der Waals surface area contributed by atoms with Gasteiger partial charge in [0, 0.05) is 13.1 Å². The third-order valence-corrected chi connectivity index (χ3v) is 10.8. The van der Waals surface area contributed by atoms with Gasteiger partial charge in [0.05, 0.1) is 36.9 Å². The number of nitrogens with two attached hydrogens (primary N) is 1. The summed E-state index contributed by atoms with van der Waals surface area (Å²) in [6.45, 7) is 23.2. The number of ether oxygens (including phenoxy) is 10. The SMILES string of the molecule is CC(C)(C)OC(=O)NCC[C@H](O)C(=O)N[C@@H]1C[C@H](NC(=O)OC(C)(C)C)C(O[C@@H]2OC(CN)CCC2NC(=O)OC(C)(C)C)C(O)[C@@H]1O[C@@H]1OC2COC(C)(C)O[C@@H]2[C@H](NC(=O)OC(C)(C)C)C1O. The Kier molecular flexibility index (Phi) is 19.4. The van der Waals surface area contributed by atoms with Crippen molar-refractivity contribution in [2.24, 2.45) is 5.73 Å². The van der Waals surface area contributed by atoms with Crippen molar-refractivity contribution in [3.8, 4) is 0 Å². The Balaban J connectivity index is 1.74. The Morgan fingerprint density at radius 1 is 0.667 bits per heavy atom. The lowest BCUT2D eigenvalue weighted by molar-refractivity contribution is -0.376. The fraction of sp³-hybridized carbons (Fsp3) is 0.889.